The van der Waals surface area contributed by atoms with Gasteiger partial charge >= 0.3 is 0 Å². The van der Waals surface area contributed by atoms with Crippen LogP contribution >= 0.6 is 0 Å². The molecule has 4 saturated carbocycles. The number of rotatable bonds is 5. The lowest BCUT2D eigenvalue weighted by Crippen LogP contribution is -2.55. The summed E-state index contributed by atoms with van der Waals surface area (Å²) in [4.78, 5) is 15.8. The smallest absolute Gasteiger partial charge is 0.211 e. The van der Waals surface area contributed by atoms with E-state index in [0.717, 1.165) is 36.0 Å². The van der Waals surface area contributed by atoms with E-state index in [2.05, 4.69) is 25.7 Å². The van der Waals surface area contributed by atoms with Crippen LogP contribution in [0.3, 0.4) is 0 Å². The minimum absolute atomic E-state index is 0.177. The second kappa shape index (κ2) is 9.13. The molecule has 0 aromatic carbocycles. The van der Waals surface area contributed by atoms with E-state index in [4.69, 9.17) is 0 Å². The minimum atomic E-state index is -3.13. The molecule has 1 saturated heterocycles. The molecule has 194 valence electrons. The average Bonchev–Trinajstić information content (AvgIpc) is 3.16. The molecule has 1 heterocycles. The standard InChI is InChI=1S/C28H48N2O3S/c1-5-28-13-10-20(2)18-21(28)6-7-22-23-8-9-25(27(23,3)12-11-24(22)28)26(31)19-29-14-16-30(17-15-29)34(4,32)33/h20-25H,5-19H2,1-4H3. The van der Waals surface area contributed by atoms with E-state index in [1.54, 1.807) is 4.31 Å². The Balaban J connectivity index is 1.26. The van der Waals surface area contributed by atoms with Crippen LogP contribution in [0, 0.1) is 46.3 Å². The van der Waals surface area contributed by atoms with Crippen LogP contribution in [-0.4, -0.2) is 62.4 Å². The zero-order chi connectivity index (χ0) is 24.3. The molecule has 4 aliphatic carbocycles. The van der Waals surface area contributed by atoms with Crippen molar-refractivity contribution in [2.75, 3.05) is 39.0 Å². The topological polar surface area (TPSA) is 57.7 Å². The lowest BCUT2D eigenvalue weighted by atomic mass is 9.43. The van der Waals surface area contributed by atoms with Gasteiger partial charge in [0.25, 0.3) is 0 Å². The average molecular weight is 493 g/mol. The van der Waals surface area contributed by atoms with E-state index in [1.165, 1.54) is 64.0 Å². The van der Waals surface area contributed by atoms with Crippen LogP contribution in [0.2, 0.25) is 0 Å². The molecular weight excluding hydrogens is 444 g/mol. The fraction of sp³-hybridized carbons (Fsp3) is 0.964. The maximum Gasteiger partial charge on any atom is 0.211 e. The van der Waals surface area contributed by atoms with E-state index >= 15 is 0 Å². The van der Waals surface area contributed by atoms with Gasteiger partial charge in [-0.25, -0.2) is 8.42 Å². The van der Waals surface area contributed by atoms with Crippen molar-refractivity contribution in [2.45, 2.75) is 85.0 Å². The summed E-state index contributed by atoms with van der Waals surface area (Å²) in [5.41, 5.74) is 0.759. The van der Waals surface area contributed by atoms with Gasteiger partial charge in [-0.2, -0.15) is 4.31 Å². The van der Waals surface area contributed by atoms with Gasteiger partial charge in [0, 0.05) is 32.1 Å². The van der Waals surface area contributed by atoms with Crippen molar-refractivity contribution in [1.29, 1.82) is 0 Å². The van der Waals surface area contributed by atoms with E-state index < -0.39 is 10.0 Å². The van der Waals surface area contributed by atoms with Gasteiger partial charge in [0.05, 0.1) is 12.8 Å². The summed E-state index contributed by atoms with van der Waals surface area (Å²) in [5.74, 6) is 4.93. The highest BCUT2D eigenvalue weighted by atomic mass is 32.2. The second-order valence-electron chi connectivity index (χ2n) is 13.2. The molecule has 0 amide bonds. The molecule has 0 bridgehead atoms. The third kappa shape index (κ3) is 4.12. The van der Waals surface area contributed by atoms with Crippen LogP contribution < -0.4 is 0 Å². The number of piperazine rings is 1. The number of hydrogen-bond donors (Lipinski definition) is 0. The Labute approximate surface area is 208 Å². The Hall–Kier alpha value is -0.460. The van der Waals surface area contributed by atoms with Gasteiger partial charge in [-0.05, 0) is 98.2 Å². The van der Waals surface area contributed by atoms with Crippen molar-refractivity contribution in [3.8, 4) is 0 Å². The summed E-state index contributed by atoms with van der Waals surface area (Å²) < 4.78 is 25.2. The molecule has 0 spiro atoms. The fourth-order valence-corrected chi connectivity index (χ4v) is 10.9. The maximum atomic E-state index is 13.6. The molecule has 0 aromatic rings. The number of Topliss-reactive ketones (excluding diaryl/α,β-unsaturated/α-hetero) is 1. The van der Waals surface area contributed by atoms with E-state index in [-0.39, 0.29) is 11.3 Å². The first-order valence-electron chi connectivity index (χ1n) is 14.3. The highest BCUT2D eigenvalue weighted by molar-refractivity contribution is 7.88. The molecule has 5 aliphatic rings. The first-order valence-corrected chi connectivity index (χ1v) is 16.1. The van der Waals surface area contributed by atoms with Gasteiger partial charge in [0.15, 0.2) is 0 Å². The van der Waals surface area contributed by atoms with Gasteiger partial charge in [-0.1, -0.05) is 27.2 Å². The Kier molecular flexibility index (Phi) is 6.77. The van der Waals surface area contributed by atoms with Crippen LogP contribution in [0.5, 0.6) is 0 Å². The quantitative estimate of drug-likeness (QED) is 0.552. The molecule has 5 rings (SSSR count). The lowest BCUT2D eigenvalue weighted by molar-refractivity contribution is -0.141. The first kappa shape index (κ1) is 25.2. The van der Waals surface area contributed by atoms with Crippen molar-refractivity contribution in [3.63, 3.8) is 0 Å². The van der Waals surface area contributed by atoms with Gasteiger partial charge in [0.1, 0.15) is 5.78 Å². The minimum Gasteiger partial charge on any atom is -0.298 e. The largest absolute Gasteiger partial charge is 0.298 e. The Morgan fingerprint density at radius 3 is 2.35 bits per heavy atom. The first-order chi connectivity index (χ1) is 16.1. The van der Waals surface area contributed by atoms with Gasteiger partial charge in [-0.3, -0.25) is 9.69 Å². The van der Waals surface area contributed by atoms with Crippen molar-refractivity contribution in [1.82, 2.24) is 9.21 Å². The molecular formula is C28H48N2O3S. The normalized spacial score (nSPS) is 45.9. The van der Waals surface area contributed by atoms with Gasteiger partial charge < -0.3 is 0 Å². The summed E-state index contributed by atoms with van der Waals surface area (Å²) in [5, 5.41) is 0. The number of nitrogens with zero attached hydrogens (tertiary/aromatic N) is 2. The Bertz CT molecular complexity index is 882. The molecule has 0 aromatic heterocycles. The molecule has 5 fully saturated rings. The molecule has 1 aliphatic heterocycles. The number of fused-ring (bicyclic) bond motifs is 5. The third-order valence-electron chi connectivity index (χ3n) is 11.9. The zero-order valence-electron chi connectivity index (χ0n) is 22.1. The van der Waals surface area contributed by atoms with Crippen molar-refractivity contribution < 1.29 is 13.2 Å². The fourth-order valence-electron chi connectivity index (χ4n) is 10.1. The van der Waals surface area contributed by atoms with E-state index in [1.807, 2.05) is 0 Å². The summed E-state index contributed by atoms with van der Waals surface area (Å²) >= 11 is 0. The molecule has 6 heteroatoms. The number of carbonyl (C=O) groups excluding carboxylic acids is 1. The van der Waals surface area contributed by atoms with Gasteiger partial charge in [-0.15, -0.1) is 0 Å². The third-order valence-corrected chi connectivity index (χ3v) is 13.2. The van der Waals surface area contributed by atoms with Crippen molar-refractivity contribution >= 4 is 15.8 Å². The summed E-state index contributed by atoms with van der Waals surface area (Å²) in [6.45, 7) is 10.3. The molecule has 0 radical (unpaired) electrons. The number of ketones is 1. The van der Waals surface area contributed by atoms with Crippen molar-refractivity contribution in [3.05, 3.63) is 0 Å². The predicted octanol–water partition coefficient (Wildman–Crippen LogP) is 4.82. The molecule has 5 nitrogen and oxygen atoms in total. The molecule has 8 atom stereocenters. The Morgan fingerprint density at radius 2 is 1.68 bits per heavy atom. The predicted molar refractivity (Wildman–Crippen MR) is 137 cm³/mol. The van der Waals surface area contributed by atoms with Crippen molar-refractivity contribution in [2.24, 2.45) is 46.3 Å². The van der Waals surface area contributed by atoms with Crippen LogP contribution in [0.25, 0.3) is 0 Å². The van der Waals surface area contributed by atoms with Crippen LogP contribution in [-0.2, 0) is 14.8 Å². The Morgan fingerprint density at radius 1 is 0.941 bits per heavy atom. The van der Waals surface area contributed by atoms with E-state index in [9.17, 15) is 13.2 Å². The molecule has 8 unspecified atom stereocenters. The SMILES string of the molecule is CCC12CCC(C)CC1CCC1C3CCC(C(=O)CN4CCN(S(C)(=O)=O)CC4)C3(C)CCC12. The molecule has 34 heavy (non-hydrogen) atoms. The number of hydrogen-bond acceptors (Lipinski definition) is 4. The monoisotopic (exact) mass is 492 g/mol. The summed E-state index contributed by atoms with van der Waals surface area (Å²) in [6.07, 6.45) is 14.7. The number of sulfonamides is 1. The lowest BCUT2D eigenvalue weighted by Gasteiger charge is -2.62. The van der Waals surface area contributed by atoms with Crippen LogP contribution in [0.1, 0.15) is 85.0 Å². The molecule has 0 N–H and O–H groups in total. The summed E-state index contributed by atoms with van der Waals surface area (Å²) in [6, 6.07) is 0. The highest BCUT2D eigenvalue weighted by Crippen LogP contribution is 2.68. The number of carbonyl (C=O) groups is 1. The summed E-state index contributed by atoms with van der Waals surface area (Å²) in [7, 11) is -3.13. The van der Waals surface area contributed by atoms with Crippen LogP contribution in [0.15, 0.2) is 0 Å². The van der Waals surface area contributed by atoms with Gasteiger partial charge in [0.2, 0.25) is 10.0 Å². The zero-order valence-corrected chi connectivity index (χ0v) is 22.9. The van der Waals surface area contributed by atoms with Crippen LogP contribution in [0.4, 0.5) is 0 Å². The van der Waals surface area contributed by atoms with E-state index in [0.29, 0.717) is 43.9 Å². The highest BCUT2D eigenvalue weighted by Gasteiger charge is 2.61. The second-order valence-corrected chi connectivity index (χ2v) is 15.2. The maximum absolute atomic E-state index is 13.6.